The van der Waals surface area contributed by atoms with Crippen molar-refractivity contribution in [2.75, 3.05) is 4.72 Å². The van der Waals surface area contributed by atoms with Gasteiger partial charge in [-0.25, -0.2) is 0 Å². The van der Waals surface area contributed by atoms with E-state index in [2.05, 4.69) is 369 Å². The molecule has 4 aromatic heterocycles. The van der Waals surface area contributed by atoms with Crippen molar-refractivity contribution in [2.45, 2.75) is 0 Å². The monoisotopic (exact) mass is 1300 g/mol. The summed E-state index contributed by atoms with van der Waals surface area (Å²) in [5, 5.41) is 9.91. The third kappa shape index (κ3) is 7.56. The van der Waals surface area contributed by atoms with Crippen LogP contribution in [0.25, 0.3) is 188 Å². The van der Waals surface area contributed by atoms with E-state index >= 15 is 0 Å². The molecule has 0 radical (unpaired) electrons. The van der Waals surface area contributed by atoms with Crippen molar-refractivity contribution in [1.29, 1.82) is 0 Å². The van der Waals surface area contributed by atoms with Crippen LogP contribution in [-0.4, -0.2) is 32.0 Å². The van der Waals surface area contributed by atoms with Gasteiger partial charge in [-0.3, -0.25) is 0 Å². The Bertz CT molecular complexity index is 6510. The number of hydrogen-bond donors (Lipinski definition) is 0. The fourth-order valence-electron chi connectivity index (χ4n) is 19.2. The Morgan fingerprint density at radius 1 is 0.194 bits per heavy atom. The summed E-state index contributed by atoms with van der Waals surface area (Å²) >= 11 is 0. The van der Waals surface area contributed by atoms with E-state index in [1.807, 2.05) is 0 Å². The van der Waals surface area contributed by atoms with Crippen LogP contribution in [0.5, 0.6) is 0 Å². The van der Waals surface area contributed by atoms with E-state index in [-0.39, 0.29) is 13.7 Å². The first kappa shape index (κ1) is 55.5. The van der Waals surface area contributed by atoms with Gasteiger partial charge in [0.15, 0.2) is 0 Å². The van der Waals surface area contributed by atoms with Gasteiger partial charge in [0.1, 0.15) is 0 Å². The van der Waals surface area contributed by atoms with Crippen molar-refractivity contribution in [1.82, 2.24) is 18.3 Å². The second-order valence-corrected chi connectivity index (χ2v) is 28.6. The van der Waals surface area contributed by atoms with E-state index < -0.39 is 0 Å². The number of rotatable bonds is 7. The van der Waals surface area contributed by atoms with Crippen LogP contribution in [0.15, 0.2) is 346 Å². The lowest BCUT2D eigenvalue weighted by atomic mass is 9.32. The summed E-state index contributed by atoms with van der Waals surface area (Å²) < 4.78 is 13.4. The molecule has 20 aromatic rings. The van der Waals surface area contributed by atoms with Crippen molar-refractivity contribution in [3.8, 4) is 101 Å². The molecule has 0 bridgehead atoms. The molecule has 5 nitrogen and oxygen atoms in total. The SMILES string of the molecule is c1ccc(-c2cc3c4c(c2)-c2cc(-n5c6ccc(-c7ccccc7)cc6c6cc(-c7ccccc7)ccc65)cc5c2B(c2cccc6c7ccccc7n-5c26)N4B2c4c-3cc(-n3c5ccc(-c6ccccc6)cc5c5cc(-c6ccccc6)ccc53)cc4-n3c4ccccc4c4cccc2c43)cc1. The van der Waals surface area contributed by atoms with Crippen LogP contribution in [0, 0.1) is 0 Å². The Labute approximate surface area is 594 Å². The first-order valence-corrected chi connectivity index (χ1v) is 35.9. The Morgan fingerprint density at radius 3 is 0.864 bits per heavy atom. The number of para-hydroxylation sites is 4. The summed E-state index contributed by atoms with van der Waals surface area (Å²) in [5.74, 6) is 0. The number of benzene rings is 16. The second-order valence-electron chi connectivity index (χ2n) is 28.6. The normalized spacial score (nSPS) is 13.0. The molecule has 0 amide bonds. The van der Waals surface area contributed by atoms with Gasteiger partial charge in [0.05, 0.1) is 44.1 Å². The summed E-state index contributed by atoms with van der Waals surface area (Å²) in [7, 11) is 0. The molecule has 16 aromatic carbocycles. The summed E-state index contributed by atoms with van der Waals surface area (Å²) in [6.45, 7) is -0.416. The minimum absolute atomic E-state index is 0.208. The number of nitrogens with zero attached hydrogens (tertiary/aromatic N) is 5. The Balaban J connectivity index is 0.845. The lowest BCUT2D eigenvalue weighted by molar-refractivity contribution is 1.13. The van der Waals surface area contributed by atoms with Crippen LogP contribution in [0.1, 0.15) is 0 Å². The first-order chi connectivity index (χ1) is 51.1. The molecule has 0 atom stereocenters. The van der Waals surface area contributed by atoms with Crippen LogP contribution < -0.4 is 26.6 Å². The summed E-state index contributed by atoms with van der Waals surface area (Å²) in [6, 6.07) is 131. The Morgan fingerprint density at radius 2 is 0.505 bits per heavy atom. The van der Waals surface area contributed by atoms with Crippen LogP contribution in [-0.2, 0) is 0 Å². The highest BCUT2D eigenvalue weighted by molar-refractivity contribution is 7.09. The molecule has 0 saturated heterocycles. The smallest absolute Gasteiger partial charge is 0.316 e. The number of anilines is 1. The molecule has 4 aliphatic heterocycles. The van der Waals surface area contributed by atoms with E-state index in [1.54, 1.807) is 0 Å². The standard InChI is InChI=1S/C96H57B2N5/c1-6-22-58(23-7-1)63-40-44-86-74(48-63)75-49-64(59-24-8-2-9-25-59)41-45-87(75)99(86)68-54-78-80-52-67(62-30-14-5-15-31-62)53-81-79-55-69(100-88-46-42-65(60-26-10-3-11-27-60)50-76(88)77-51-66(43-47-89(77)100)61-28-12-4-13-29-61)57-91-93(79)98(83-37-21-35-73-71-33-17-19-39-85(71)102(91)96(73)83)103(94(80)81)97-82-36-20-34-72-70-32-16-18-38-84(70)101(95(72)82)90(56-68)92(78)97/h1-57H. The molecule has 7 heteroatoms. The number of aromatic nitrogens is 4. The molecule has 4 aliphatic rings. The van der Waals surface area contributed by atoms with Crippen molar-refractivity contribution in [3.63, 3.8) is 0 Å². The Hall–Kier alpha value is -13.4. The van der Waals surface area contributed by atoms with Crippen LogP contribution in [0.2, 0.25) is 0 Å². The predicted octanol–water partition coefficient (Wildman–Crippen LogP) is 21.4. The highest BCUT2D eigenvalue weighted by Crippen LogP contribution is 2.54. The van der Waals surface area contributed by atoms with Crippen molar-refractivity contribution in [2.24, 2.45) is 0 Å². The number of hydrogen-bond acceptors (Lipinski definition) is 1. The molecule has 103 heavy (non-hydrogen) atoms. The van der Waals surface area contributed by atoms with Crippen molar-refractivity contribution in [3.05, 3.63) is 346 Å². The molecule has 0 aliphatic carbocycles. The van der Waals surface area contributed by atoms with Crippen LogP contribution >= 0.6 is 0 Å². The maximum Gasteiger partial charge on any atom is 0.316 e. The van der Waals surface area contributed by atoms with Gasteiger partial charge < -0.3 is 23.0 Å². The molecule has 0 N–H and O–H groups in total. The summed E-state index contributed by atoms with van der Waals surface area (Å²) in [4.78, 5) is 0. The van der Waals surface area contributed by atoms with Gasteiger partial charge in [-0.05, 0) is 186 Å². The average Bonchev–Trinajstić information content (AvgIpc) is 1.66. The van der Waals surface area contributed by atoms with Crippen molar-refractivity contribution < 1.29 is 0 Å². The lowest BCUT2D eigenvalue weighted by Crippen LogP contribution is -2.74. The van der Waals surface area contributed by atoms with Crippen LogP contribution in [0.3, 0.4) is 0 Å². The van der Waals surface area contributed by atoms with Gasteiger partial charge in [0.25, 0.3) is 0 Å². The fourth-order valence-corrected chi connectivity index (χ4v) is 19.2. The van der Waals surface area contributed by atoms with E-state index in [0.29, 0.717) is 0 Å². The summed E-state index contributed by atoms with van der Waals surface area (Å²) in [6.07, 6.45) is 0. The topological polar surface area (TPSA) is 23.0 Å². The minimum atomic E-state index is -0.208. The molecule has 24 rings (SSSR count). The molecular formula is C96H57B2N5. The van der Waals surface area contributed by atoms with Gasteiger partial charge in [-0.15, -0.1) is 0 Å². The van der Waals surface area contributed by atoms with E-state index in [9.17, 15) is 0 Å². The maximum atomic E-state index is 2.93. The zero-order valence-electron chi connectivity index (χ0n) is 55.8. The fraction of sp³-hybridized carbons (Fsp3) is 0. The third-order valence-electron chi connectivity index (χ3n) is 23.4. The first-order valence-electron chi connectivity index (χ1n) is 35.9. The summed E-state index contributed by atoms with van der Waals surface area (Å²) in [5.41, 5.74) is 37.7. The van der Waals surface area contributed by atoms with Gasteiger partial charge in [0.2, 0.25) is 0 Å². The molecule has 472 valence electrons. The van der Waals surface area contributed by atoms with E-state index in [4.69, 9.17) is 0 Å². The van der Waals surface area contributed by atoms with E-state index in [0.717, 1.165) is 33.4 Å². The zero-order chi connectivity index (χ0) is 66.9. The van der Waals surface area contributed by atoms with Crippen molar-refractivity contribution >= 4 is 128 Å². The highest BCUT2D eigenvalue weighted by atomic mass is 15.1. The molecular weight excluding hydrogens is 1240 g/mol. The van der Waals surface area contributed by atoms with Gasteiger partial charge in [-0.1, -0.05) is 249 Å². The molecule has 0 fully saturated rings. The van der Waals surface area contributed by atoms with Gasteiger partial charge >= 0.3 is 13.7 Å². The lowest BCUT2D eigenvalue weighted by Gasteiger charge is -2.50. The number of fused-ring (bicyclic) bond motifs is 20. The molecule has 0 unspecified atom stereocenters. The molecule has 0 saturated carbocycles. The quantitative estimate of drug-likeness (QED) is 0.146. The highest BCUT2D eigenvalue weighted by Gasteiger charge is 2.53. The largest absolute Gasteiger partial charge is 0.444 e. The predicted molar refractivity (Wildman–Crippen MR) is 434 cm³/mol. The minimum Gasteiger partial charge on any atom is -0.444 e. The maximum absolute atomic E-state index is 2.93. The van der Waals surface area contributed by atoms with Gasteiger partial charge in [-0.2, -0.15) is 0 Å². The second kappa shape index (κ2) is 20.6. The van der Waals surface area contributed by atoms with E-state index in [1.165, 1.54) is 182 Å². The molecule has 8 heterocycles. The average molecular weight is 1300 g/mol. The molecule has 0 spiro atoms. The van der Waals surface area contributed by atoms with Gasteiger partial charge in [0, 0.05) is 82.7 Å². The Kier molecular flexibility index (Phi) is 11.1. The van der Waals surface area contributed by atoms with Crippen LogP contribution in [0.4, 0.5) is 5.69 Å². The zero-order valence-corrected chi connectivity index (χ0v) is 55.8. The third-order valence-corrected chi connectivity index (χ3v) is 23.4.